The largest absolute Gasteiger partial charge is 0.352 e. The first-order chi connectivity index (χ1) is 16.2. The van der Waals surface area contributed by atoms with Crippen molar-refractivity contribution >= 4 is 23.4 Å². The summed E-state index contributed by atoms with van der Waals surface area (Å²) >= 11 is 5.98. The van der Waals surface area contributed by atoms with Crippen molar-refractivity contribution in [2.24, 2.45) is 11.7 Å². The van der Waals surface area contributed by atoms with Crippen LogP contribution in [0.1, 0.15) is 79.0 Å². The molecule has 1 unspecified atom stereocenters. The molecule has 2 heterocycles. The van der Waals surface area contributed by atoms with Crippen LogP contribution in [-0.2, 0) is 9.53 Å². The van der Waals surface area contributed by atoms with Gasteiger partial charge >= 0.3 is 0 Å². The van der Waals surface area contributed by atoms with Crippen LogP contribution in [0.4, 0.5) is 0 Å². The van der Waals surface area contributed by atoms with Crippen molar-refractivity contribution in [2.45, 2.75) is 79.4 Å². The van der Waals surface area contributed by atoms with Crippen LogP contribution in [-0.4, -0.2) is 33.5 Å². The van der Waals surface area contributed by atoms with E-state index >= 15 is 0 Å². The third-order valence-corrected chi connectivity index (χ3v) is 5.03. The number of aromatic nitrogens is 3. The highest BCUT2D eigenvalue weighted by molar-refractivity contribution is 6.32. The van der Waals surface area contributed by atoms with Gasteiger partial charge in [-0.05, 0) is 24.8 Å². The lowest BCUT2D eigenvalue weighted by atomic mass is 10.1. The van der Waals surface area contributed by atoms with E-state index in [0.717, 1.165) is 35.7 Å². The fraction of sp³-hybridized carbons (Fsp3) is 0.519. The summed E-state index contributed by atoms with van der Waals surface area (Å²) in [5.41, 5.74) is 7.11. The van der Waals surface area contributed by atoms with Crippen molar-refractivity contribution < 1.29 is 9.53 Å². The zero-order valence-electron chi connectivity index (χ0n) is 21.7. The van der Waals surface area contributed by atoms with Crippen LogP contribution in [0.25, 0.3) is 5.52 Å². The highest BCUT2D eigenvalue weighted by Gasteiger charge is 2.12. The molecule has 0 aromatic carbocycles. The number of aldehydes is 1. The molecule has 2 atom stereocenters. The minimum absolute atomic E-state index is 0.362. The summed E-state index contributed by atoms with van der Waals surface area (Å²) in [5.74, 6) is 2.42. The standard InChI is InChI=1S/C11H14ClN3.C10H15NO2.C6H14/c1-3-4-8(2)11-14-7-9-10(12)13-5-6-15(9)11;1-3-4-5-6-9(2)8-13-10(11)7-12;1-4-5-6(2)3/h5-8H,3-4H2,1-2H3;3-7,10H,1,8,11H2,2H3;6H,4-5H2,1-3H3/b;5-4-,9-6+;/t8-;;/m0../s1. The molecular formula is C27H43ClN4O2. The van der Waals surface area contributed by atoms with Crippen molar-refractivity contribution in [1.29, 1.82) is 0 Å². The first kappa shape index (κ1) is 31.7. The molecule has 0 aliphatic rings. The average Bonchev–Trinajstić information content (AvgIpc) is 3.24. The lowest BCUT2D eigenvalue weighted by Crippen LogP contribution is -2.25. The molecule has 0 aliphatic heterocycles. The van der Waals surface area contributed by atoms with Crippen molar-refractivity contribution in [3.8, 4) is 0 Å². The van der Waals surface area contributed by atoms with Gasteiger partial charge in [0.05, 0.1) is 12.8 Å². The molecule has 2 aromatic heterocycles. The van der Waals surface area contributed by atoms with Gasteiger partial charge in [-0.1, -0.05) is 96.4 Å². The summed E-state index contributed by atoms with van der Waals surface area (Å²) in [4.78, 5) is 18.5. The molecule has 0 bridgehead atoms. The predicted octanol–water partition coefficient (Wildman–Crippen LogP) is 6.90. The average molecular weight is 491 g/mol. The van der Waals surface area contributed by atoms with Gasteiger partial charge in [0.2, 0.25) is 0 Å². The number of carbonyl (C=O) groups is 1. The molecule has 0 aliphatic carbocycles. The van der Waals surface area contributed by atoms with E-state index in [-0.39, 0.29) is 0 Å². The van der Waals surface area contributed by atoms with Crippen molar-refractivity contribution in [1.82, 2.24) is 14.4 Å². The second kappa shape index (κ2) is 19.1. The molecule has 2 aromatic rings. The Balaban J connectivity index is 0.000000525. The van der Waals surface area contributed by atoms with Gasteiger partial charge in [-0.15, -0.1) is 0 Å². The second-order valence-electron chi connectivity index (χ2n) is 8.51. The number of imidazole rings is 1. The minimum Gasteiger partial charge on any atom is -0.352 e. The SMILES string of the molecule is C=C/C=C\C=C(/C)COC(N)C=O.CCCC(C)C.CCC[C@H](C)c1ncc2c(Cl)nccn12. The van der Waals surface area contributed by atoms with E-state index in [1.807, 2.05) is 35.7 Å². The van der Waals surface area contributed by atoms with Crippen molar-refractivity contribution in [3.63, 3.8) is 0 Å². The first-order valence-electron chi connectivity index (χ1n) is 12.0. The fourth-order valence-electron chi connectivity index (χ4n) is 3.03. The molecule has 190 valence electrons. The van der Waals surface area contributed by atoms with Gasteiger partial charge < -0.3 is 4.74 Å². The Kier molecular flexibility index (Phi) is 17.8. The van der Waals surface area contributed by atoms with Gasteiger partial charge in [-0.3, -0.25) is 14.9 Å². The fourth-order valence-corrected chi connectivity index (χ4v) is 3.23. The van der Waals surface area contributed by atoms with Crippen LogP contribution < -0.4 is 5.73 Å². The Morgan fingerprint density at radius 2 is 1.88 bits per heavy atom. The molecule has 0 saturated heterocycles. The summed E-state index contributed by atoms with van der Waals surface area (Å²) in [5, 5.41) is 0.514. The number of nitrogens with zero attached hydrogens (tertiary/aromatic N) is 3. The minimum atomic E-state index is -0.827. The molecule has 2 rings (SSSR count). The van der Waals surface area contributed by atoms with Gasteiger partial charge in [0, 0.05) is 18.3 Å². The maximum atomic E-state index is 10.1. The molecule has 34 heavy (non-hydrogen) atoms. The Labute approximate surface area is 211 Å². The molecule has 0 amide bonds. The van der Waals surface area contributed by atoms with Crippen LogP contribution in [0.15, 0.2) is 55.0 Å². The topological polar surface area (TPSA) is 82.5 Å². The first-order valence-corrected chi connectivity index (χ1v) is 12.3. The van der Waals surface area contributed by atoms with E-state index in [1.54, 1.807) is 18.5 Å². The molecule has 0 saturated carbocycles. The van der Waals surface area contributed by atoms with Crippen molar-refractivity contribution in [2.75, 3.05) is 6.61 Å². The van der Waals surface area contributed by atoms with Crippen LogP contribution in [0, 0.1) is 5.92 Å². The molecule has 0 fully saturated rings. The molecular weight excluding hydrogens is 448 g/mol. The van der Waals surface area contributed by atoms with Gasteiger partial charge in [0.1, 0.15) is 11.3 Å². The highest BCUT2D eigenvalue weighted by Crippen LogP contribution is 2.22. The highest BCUT2D eigenvalue weighted by atomic mass is 35.5. The summed E-state index contributed by atoms with van der Waals surface area (Å²) in [6.45, 7) is 16.9. The normalized spacial score (nSPS) is 13.1. The number of fused-ring (bicyclic) bond motifs is 1. The number of rotatable bonds is 11. The summed E-state index contributed by atoms with van der Waals surface area (Å²) in [6, 6.07) is 0. The third kappa shape index (κ3) is 13.4. The molecule has 0 spiro atoms. The maximum absolute atomic E-state index is 10.1. The number of hydrogen-bond acceptors (Lipinski definition) is 5. The monoisotopic (exact) mass is 490 g/mol. The van der Waals surface area contributed by atoms with E-state index in [1.165, 1.54) is 12.8 Å². The van der Waals surface area contributed by atoms with E-state index in [2.05, 4.69) is 51.2 Å². The summed E-state index contributed by atoms with van der Waals surface area (Å²) < 4.78 is 6.99. The molecule has 0 radical (unpaired) electrons. The Morgan fingerprint density at radius 1 is 1.21 bits per heavy atom. The lowest BCUT2D eigenvalue weighted by molar-refractivity contribution is -0.117. The molecule has 6 nitrogen and oxygen atoms in total. The van der Waals surface area contributed by atoms with Gasteiger partial charge in [0.15, 0.2) is 17.7 Å². The number of carbonyl (C=O) groups excluding carboxylic acids is 1. The van der Waals surface area contributed by atoms with Gasteiger partial charge in [0.25, 0.3) is 0 Å². The van der Waals surface area contributed by atoms with Crippen LogP contribution in [0.3, 0.4) is 0 Å². The Morgan fingerprint density at radius 3 is 2.41 bits per heavy atom. The van der Waals surface area contributed by atoms with Crippen LogP contribution in [0.2, 0.25) is 5.15 Å². The van der Waals surface area contributed by atoms with E-state index in [4.69, 9.17) is 22.1 Å². The third-order valence-electron chi connectivity index (χ3n) is 4.73. The quantitative estimate of drug-likeness (QED) is 0.210. The maximum Gasteiger partial charge on any atom is 0.163 e. The zero-order chi connectivity index (χ0) is 25.9. The second-order valence-corrected chi connectivity index (χ2v) is 8.87. The smallest absolute Gasteiger partial charge is 0.163 e. The summed E-state index contributed by atoms with van der Waals surface area (Å²) in [7, 11) is 0. The number of allylic oxidation sites excluding steroid dienone is 4. The van der Waals surface area contributed by atoms with Gasteiger partial charge in [-0.25, -0.2) is 9.97 Å². The van der Waals surface area contributed by atoms with Crippen molar-refractivity contribution in [3.05, 3.63) is 66.0 Å². The van der Waals surface area contributed by atoms with Crippen LogP contribution >= 0.6 is 11.6 Å². The number of nitrogens with two attached hydrogens (primary N) is 1. The van der Waals surface area contributed by atoms with E-state index < -0.39 is 6.23 Å². The predicted molar refractivity (Wildman–Crippen MR) is 144 cm³/mol. The van der Waals surface area contributed by atoms with Crippen LogP contribution in [0.5, 0.6) is 0 Å². The van der Waals surface area contributed by atoms with E-state index in [0.29, 0.717) is 24.0 Å². The Hall–Kier alpha value is -2.28. The zero-order valence-corrected chi connectivity index (χ0v) is 22.5. The van der Waals surface area contributed by atoms with Gasteiger partial charge in [-0.2, -0.15) is 0 Å². The lowest BCUT2D eigenvalue weighted by Gasteiger charge is -2.08. The number of ether oxygens (including phenoxy) is 1. The molecule has 7 heteroatoms. The van der Waals surface area contributed by atoms with E-state index in [9.17, 15) is 4.79 Å². The number of halogens is 1. The molecule has 2 N–H and O–H groups in total. The number of hydrogen-bond donors (Lipinski definition) is 1. The Bertz CT molecular complexity index is 890. The summed E-state index contributed by atoms with van der Waals surface area (Å²) in [6.07, 6.45) is 17.4.